The molecule has 2 rings (SSSR count). The molecule has 0 aliphatic rings. The van der Waals surface area contributed by atoms with Crippen LogP contribution in [0.2, 0.25) is 0 Å². The van der Waals surface area contributed by atoms with Crippen LogP contribution < -0.4 is 20.5 Å². The van der Waals surface area contributed by atoms with E-state index in [0.29, 0.717) is 23.1 Å². The third-order valence-electron chi connectivity index (χ3n) is 3.52. The fraction of sp³-hybridized carbons (Fsp3) is 0.278. The second kappa shape index (κ2) is 9.04. The average Bonchev–Trinajstić information content (AvgIpc) is 3.10. The third kappa shape index (κ3) is 4.98. The van der Waals surface area contributed by atoms with Gasteiger partial charge < -0.3 is 25.3 Å². The Hall–Kier alpha value is -3.07. The minimum atomic E-state index is -1.09. The fourth-order valence-corrected chi connectivity index (χ4v) is 2.96. The molecule has 0 aliphatic carbocycles. The Morgan fingerprint density at radius 3 is 2.59 bits per heavy atom. The highest BCUT2D eigenvalue weighted by Gasteiger charge is 2.22. The molecule has 0 aliphatic heterocycles. The van der Waals surface area contributed by atoms with E-state index in [1.807, 2.05) is 6.92 Å². The van der Waals surface area contributed by atoms with Crippen LogP contribution in [0.3, 0.4) is 0 Å². The summed E-state index contributed by atoms with van der Waals surface area (Å²) in [7, 11) is 1.46. The SMILES string of the molecule is CCOc1ccc(C(=O)O[C@@H](C)C(=O)Nc2sccc2C(N)=O)cc1OC. The monoisotopic (exact) mass is 392 g/mol. The predicted molar refractivity (Wildman–Crippen MR) is 101 cm³/mol. The van der Waals surface area contributed by atoms with Crippen molar-refractivity contribution in [2.24, 2.45) is 5.73 Å². The lowest BCUT2D eigenvalue weighted by Gasteiger charge is -2.14. The van der Waals surface area contributed by atoms with Gasteiger partial charge in [-0.2, -0.15) is 0 Å². The zero-order chi connectivity index (χ0) is 20.0. The van der Waals surface area contributed by atoms with E-state index in [-0.39, 0.29) is 11.1 Å². The first-order valence-corrected chi connectivity index (χ1v) is 8.95. The minimum Gasteiger partial charge on any atom is -0.493 e. The van der Waals surface area contributed by atoms with E-state index in [2.05, 4.69) is 5.32 Å². The number of carbonyl (C=O) groups excluding carboxylic acids is 3. The van der Waals surface area contributed by atoms with Gasteiger partial charge in [-0.3, -0.25) is 9.59 Å². The summed E-state index contributed by atoms with van der Waals surface area (Å²) < 4.78 is 15.8. The number of carbonyl (C=O) groups is 3. The Bertz CT molecular complexity index is 848. The molecule has 1 aromatic heterocycles. The van der Waals surface area contributed by atoms with Gasteiger partial charge in [0.25, 0.3) is 11.8 Å². The van der Waals surface area contributed by atoms with Gasteiger partial charge in [0.2, 0.25) is 0 Å². The number of ether oxygens (including phenoxy) is 3. The number of nitrogens with two attached hydrogens (primary N) is 1. The standard InChI is InChI=1S/C18H20N2O6S/c1-4-25-13-6-5-11(9-14(13)24-3)18(23)26-10(2)16(22)20-17-12(15(19)21)7-8-27-17/h5-10H,4H2,1-3H3,(H2,19,21)(H,20,22)/t10-/m0/s1. The molecule has 1 heterocycles. The van der Waals surface area contributed by atoms with Crippen molar-refractivity contribution in [3.8, 4) is 11.5 Å². The molecule has 0 saturated heterocycles. The van der Waals surface area contributed by atoms with E-state index < -0.39 is 23.9 Å². The van der Waals surface area contributed by atoms with Gasteiger partial charge in [-0.15, -0.1) is 11.3 Å². The molecule has 1 aromatic carbocycles. The Balaban J connectivity index is 2.05. The van der Waals surface area contributed by atoms with Crippen molar-refractivity contribution in [3.63, 3.8) is 0 Å². The highest BCUT2D eigenvalue weighted by molar-refractivity contribution is 7.14. The van der Waals surface area contributed by atoms with Gasteiger partial charge in [-0.05, 0) is 43.5 Å². The molecule has 144 valence electrons. The maximum absolute atomic E-state index is 12.3. The molecular weight excluding hydrogens is 372 g/mol. The number of rotatable bonds is 8. The lowest BCUT2D eigenvalue weighted by Crippen LogP contribution is -2.30. The summed E-state index contributed by atoms with van der Waals surface area (Å²) in [5.74, 6) is -1.05. The van der Waals surface area contributed by atoms with Crippen molar-refractivity contribution in [3.05, 3.63) is 40.8 Å². The summed E-state index contributed by atoms with van der Waals surface area (Å²) in [6.07, 6.45) is -1.09. The van der Waals surface area contributed by atoms with Gasteiger partial charge in [-0.25, -0.2) is 4.79 Å². The molecule has 0 saturated carbocycles. The van der Waals surface area contributed by atoms with Crippen molar-refractivity contribution >= 4 is 34.1 Å². The van der Waals surface area contributed by atoms with Crippen molar-refractivity contribution in [1.29, 1.82) is 0 Å². The molecule has 27 heavy (non-hydrogen) atoms. The van der Waals surface area contributed by atoms with Crippen molar-refractivity contribution < 1.29 is 28.6 Å². The molecule has 3 N–H and O–H groups in total. The quantitative estimate of drug-likeness (QED) is 0.667. The predicted octanol–water partition coefficient (Wildman–Crippen LogP) is 2.44. The van der Waals surface area contributed by atoms with Crippen molar-refractivity contribution in [2.75, 3.05) is 19.0 Å². The average molecular weight is 392 g/mol. The highest BCUT2D eigenvalue weighted by atomic mass is 32.1. The number of anilines is 1. The van der Waals surface area contributed by atoms with Gasteiger partial charge >= 0.3 is 5.97 Å². The fourth-order valence-electron chi connectivity index (χ4n) is 2.17. The van der Waals surface area contributed by atoms with Gasteiger partial charge in [-0.1, -0.05) is 0 Å². The van der Waals surface area contributed by atoms with Gasteiger partial charge in [0.15, 0.2) is 17.6 Å². The van der Waals surface area contributed by atoms with E-state index in [0.717, 1.165) is 11.3 Å². The zero-order valence-corrected chi connectivity index (χ0v) is 15.9. The van der Waals surface area contributed by atoms with Crippen molar-refractivity contribution in [1.82, 2.24) is 0 Å². The van der Waals surface area contributed by atoms with Crippen molar-refractivity contribution in [2.45, 2.75) is 20.0 Å². The molecule has 0 bridgehead atoms. The first-order chi connectivity index (χ1) is 12.9. The smallest absolute Gasteiger partial charge is 0.339 e. The zero-order valence-electron chi connectivity index (χ0n) is 15.1. The van der Waals surface area contributed by atoms with E-state index in [4.69, 9.17) is 19.9 Å². The third-order valence-corrected chi connectivity index (χ3v) is 4.35. The molecule has 1 atom stereocenters. The lowest BCUT2D eigenvalue weighted by atomic mass is 10.2. The Kier molecular flexibility index (Phi) is 6.78. The van der Waals surface area contributed by atoms with Crippen LogP contribution in [0.25, 0.3) is 0 Å². The van der Waals surface area contributed by atoms with Crippen LogP contribution in [0.1, 0.15) is 34.6 Å². The second-order valence-corrected chi connectivity index (χ2v) is 6.28. The molecule has 0 fully saturated rings. The molecule has 0 radical (unpaired) electrons. The number of hydrogen-bond acceptors (Lipinski definition) is 7. The summed E-state index contributed by atoms with van der Waals surface area (Å²) in [5, 5.41) is 4.46. The molecule has 0 spiro atoms. The summed E-state index contributed by atoms with van der Waals surface area (Å²) >= 11 is 1.15. The molecule has 9 heteroatoms. The first-order valence-electron chi connectivity index (χ1n) is 8.07. The van der Waals surface area contributed by atoms with Crippen LogP contribution in [0, 0.1) is 0 Å². The van der Waals surface area contributed by atoms with Gasteiger partial charge in [0, 0.05) is 0 Å². The normalized spacial score (nSPS) is 11.4. The summed E-state index contributed by atoms with van der Waals surface area (Å²) in [5.41, 5.74) is 5.65. The van der Waals surface area contributed by atoms with E-state index >= 15 is 0 Å². The Labute approximate surface area is 160 Å². The summed E-state index contributed by atoms with van der Waals surface area (Å²) in [6, 6.07) is 6.09. The van der Waals surface area contributed by atoms with Crippen LogP contribution in [0.4, 0.5) is 5.00 Å². The Morgan fingerprint density at radius 2 is 1.96 bits per heavy atom. The number of hydrogen-bond donors (Lipinski definition) is 2. The topological polar surface area (TPSA) is 117 Å². The van der Waals surface area contributed by atoms with Crippen LogP contribution >= 0.6 is 11.3 Å². The number of nitrogens with one attached hydrogen (secondary N) is 1. The number of esters is 1. The van der Waals surface area contributed by atoms with Gasteiger partial charge in [0.05, 0.1) is 24.8 Å². The van der Waals surface area contributed by atoms with E-state index in [9.17, 15) is 14.4 Å². The minimum absolute atomic E-state index is 0.197. The summed E-state index contributed by atoms with van der Waals surface area (Å²) in [6.45, 7) is 3.71. The maximum atomic E-state index is 12.3. The first kappa shape index (κ1) is 20.2. The van der Waals surface area contributed by atoms with Gasteiger partial charge in [0.1, 0.15) is 5.00 Å². The number of methoxy groups -OCH3 is 1. The second-order valence-electron chi connectivity index (χ2n) is 5.36. The van der Waals surface area contributed by atoms with Crippen LogP contribution in [-0.2, 0) is 9.53 Å². The molecule has 2 aromatic rings. The van der Waals surface area contributed by atoms with E-state index in [1.54, 1.807) is 11.4 Å². The largest absolute Gasteiger partial charge is 0.493 e. The molecule has 8 nitrogen and oxygen atoms in total. The summed E-state index contributed by atoms with van der Waals surface area (Å²) in [4.78, 5) is 35.8. The molecule has 0 unspecified atom stereocenters. The maximum Gasteiger partial charge on any atom is 0.339 e. The highest BCUT2D eigenvalue weighted by Crippen LogP contribution is 2.28. The van der Waals surface area contributed by atoms with Crippen LogP contribution in [0.15, 0.2) is 29.6 Å². The lowest BCUT2D eigenvalue weighted by molar-refractivity contribution is -0.123. The van der Waals surface area contributed by atoms with Crippen LogP contribution in [-0.4, -0.2) is 37.6 Å². The van der Waals surface area contributed by atoms with E-state index in [1.165, 1.54) is 32.2 Å². The van der Waals surface area contributed by atoms with Crippen LogP contribution in [0.5, 0.6) is 11.5 Å². The number of thiophene rings is 1. The molecular formula is C18H20N2O6S. The number of benzene rings is 1. The molecule has 2 amide bonds. The number of amides is 2. The Morgan fingerprint density at radius 1 is 1.22 bits per heavy atom. The number of primary amides is 1.